The first-order valence-corrected chi connectivity index (χ1v) is 10.4. The lowest BCUT2D eigenvalue weighted by molar-refractivity contribution is -0.125. The van der Waals surface area contributed by atoms with Crippen molar-refractivity contribution in [1.29, 1.82) is 0 Å². The minimum absolute atomic E-state index is 0.0585. The summed E-state index contributed by atoms with van der Waals surface area (Å²) in [7, 11) is 4.64. The highest BCUT2D eigenvalue weighted by atomic mass is 16.5. The predicted molar refractivity (Wildman–Crippen MR) is 118 cm³/mol. The first-order valence-electron chi connectivity index (χ1n) is 10.4. The minimum atomic E-state index is -0.345. The van der Waals surface area contributed by atoms with E-state index in [0.29, 0.717) is 43.5 Å². The summed E-state index contributed by atoms with van der Waals surface area (Å²) < 4.78 is 13.3. The van der Waals surface area contributed by atoms with Crippen molar-refractivity contribution in [2.45, 2.75) is 32.9 Å². The Kier molecular flexibility index (Phi) is 7.04. The Bertz CT molecular complexity index is 1060. The van der Waals surface area contributed by atoms with E-state index in [1.807, 2.05) is 24.0 Å². The van der Waals surface area contributed by atoms with Gasteiger partial charge in [-0.2, -0.15) is 0 Å². The van der Waals surface area contributed by atoms with Gasteiger partial charge in [0, 0.05) is 50.9 Å². The molecule has 1 aromatic heterocycles. The summed E-state index contributed by atoms with van der Waals surface area (Å²) in [6, 6.07) is 6.95. The fraction of sp³-hybridized carbons (Fsp3) is 0.500. The van der Waals surface area contributed by atoms with Gasteiger partial charge in [0.1, 0.15) is 17.3 Å². The number of piperidine rings is 1. The minimum Gasteiger partial charge on any atom is -0.497 e. The average molecular weight is 431 g/mol. The second-order valence-corrected chi connectivity index (χ2v) is 7.61. The number of aromatic nitrogens is 2. The molecule has 168 valence electrons. The van der Waals surface area contributed by atoms with Gasteiger partial charge in [0.2, 0.25) is 5.91 Å². The van der Waals surface area contributed by atoms with Crippen molar-refractivity contribution < 1.29 is 14.3 Å². The molecule has 2 heterocycles. The summed E-state index contributed by atoms with van der Waals surface area (Å²) in [4.78, 5) is 39.5. The Morgan fingerprint density at radius 3 is 2.65 bits per heavy atom. The maximum absolute atomic E-state index is 12.9. The monoisotopic (exact) mass is 430 g/mol. The Morgan fingerprint density at radius 2 is 1.97 bits per heavy atom. The van der Waals surface area contributed by atoms with Crippen LogP contribution >= 0.6 is 0 Å². The predicted octanol–water partition coefficient (Wildman–Crippen LogP) is 1.12. The van der Waals surface area contributed by atoms with Crippen LogP contribution < -0.4 is 30.9 Å². The number of ether oxygens (including phenoxy) is 2. The number of nitrogens with one attached hydrogen (secondary N) is 1. The number of nitrogens with zero attached hydrogens (tertiary/aromatic N) is 3. The van der Waals surface area contributed by atoms with Crippen LogP contribution in [0.1, 0.15) is 25.3 Å². The molecule has 1 aliphatic heterocycles. The Morgan fingerprint density at radius 1 is 1.19 bits per heavy atom. The molecule has 1 amide bonds. The molecule has 1 aromatic carbocycles. The first-order chi connectivity index (χ1) is 14.9. The van der Waals surface area contributed by atoms with Crippen LogP contribution in [0.25, 0.3) is 0 Å². The Balaban J connectivity index is 1.72. The van der Waals surface area contributed by atoms with E-state index in [1.165, 1.54) is 13.1 Å². The maximum atomic E-state index is 12.9. The molecule has 1 fully saturated rings. The standard InChI is InChI=1S/C22H30N4O5/c1-5-26-19(12-20(27)24(2)22(26)29)25-10-6-7-16(14-25)21(28)23-13-15-8-9-17(30-3)11-18(15)31-4/h8-9,11-12,16H,5-7,10,13-14H2,1-4H3,(H,23,28)/t16-/m0/s1. The number of carbonyl (C=O) groups excluding carboxylic acids is 1. The molecule has 9 heteroatoms. The molecule has 3 rings (SSSR count). The molecule has 0 aliphatic carbocycles. The highest BCUT2D eigenvalue weighted by molar-refractivity contribution is 5.79. The smallest absolute Gasteiger partial charge is 0.332 e. The number of hydrogen-bond acceptors (Lipinski definition) is 6. The van der Waals surface area contributed by atoms with Crippen LogP contribution in [-0.4, -0.2) is 42.4 Å². The van der Waals surface area contributed by atoms with Crippen LogP contribution in [-0.2, 0) is 24.9 Å². The second-order valence-electron chi connectivity index (χ2n) is 7.61. The quantitative estimate of drug-likeness (QED) is 0.707. The van der Waals surface area contributed by atoms with Gasteiger partial charge in [0.05, 0.1) is 20.1 Å². The van der Waals surface area contributed by atoms with Gasteiger partial charge < -0.3 is 19.7 Å². The lowest BCUT2D eigenvalue weighted by Crippen LogP contribution is -2.47. The van der Waals surface area contributed by atoms with Gasteiger partial charge in [0.15, 0.2) is 0 Å². The number of benzene rings is 1. The Labute approximate surface area is 181 Å². The number of rotatable bonds is 7. The average Bonchev–Trinajstić information content (AvgIpc) is 2.80. The number of methoxy groups -OCH3 is 2. The lowest BCUT2D eigenvalue weighted by Gasteiger charge is -2.34. The van der Waals surface area contributed by atoms with Gasteiger partial charge in [-0.25, -0.2) is 4.79 Å². The van der Waals surface area contributed by atoms with Crippen molar-refractivity contribution in [2.75, 3.05) is 32.2 Å². The fourth-order valence-electron chi connectivity index (χ4n) is 3.94. The molecule has 0 unspecified atom stereocenters. The number of carbonyl (C=O) groups is 1. The zero-order valence-corrected chi connectivity index (χ0v) is 18.5. The van der Waals surface area contributed by atoms with Crippen LogP contribution in [0.3, 0.4) is 0 Å². The van der Waals surface area contributed by atoms with E-state index in [1.54, 1.807) is 24.9 Å². The Hall–Kier alpha value is -3.23. The first kappa shape index (κ1) is 22.5. The number of hydrogen-bond donors (Lipinski definition) is 1. The highest BCUT2D eigenvalue weighted by Crippen LogP contribution is 2.25. The zero-order valence-electron chi connectivity index (χ0n) is 18.5. The maximum Gasteiger partial charge on any atom is 0.332 e. The van der Waals surface area contributed by atoms with Gasteiger partial charge in [-0.3, -0.25) is 18.7 Å². The van der Waals surface area contributed by atoms with E-state index in [-0.39, 0.29) is 23.1 Å². The zero-order chi connectivity index (χ0) is 22.5. The molecular weight excluding hydrogens is 400 g/mol. The summed E-state index contributed by atoms with van der Waals surface area (Å²) in [6.07, 6.45) is 1.56. The van der Waals surface area contributed by atoms with Crippen LogP contribution in [0, 0.1) is 5.92 Å². The van der Waals surface area contributed by atoms with Crippen molar-refractivity contribution in [2.24, 2.45) is 13.0 Å². The molecule has 2 aromatic rings. The van der Waals surface area contributed by atoms with E-state index in [4.69, 9.17) is 9.47 Å². The highest BCUT2D eigenvalue weighted by Gasteiger charge is 2.28. The van der Waals surface area contributed by atoms with E-state index in [0.717, 1.165) is 23.0 Å². The number of amides is 1. The van der Waals surface area contributed by atoms with Gasteiger partial charge in [-0.05, 0) is 31.9 Å². The molecule has 0 spiro atoms. The molecule has 0 radical (unpaired) electrons. The summed E-state index contributed by atoms with van der Waals surface area (Å²) in [6.45, 7) is 3.81. The topological polar surface area (TPSA) is 94.8 Å². The van der Waals surface area contributed by atoms with Gasteiger partial charge in [0.25, 0.3) is 5.56 Å². The van der Waals surface area contributed by atoms with E-state index < -0.39 is 0 Å². The molecule has 0 bridgehead atoms. The van der Waals surface area contributed by atoms with Crippen molar-refractivity contribution >= 4 is 11.7 Å². The lowest BCUT2D eigenvalue weighted by atomic mass is 9.97. The van der Waals surface area contributed by atoms with Crippen LogP contribution in [0.5, 0.6) is 11.5 Å². The third-order valence-corrected chi connectivity index (χ3v) is 5.76. The van der Waals surface area contributed by atoms with Crippen molar-refractivity contribution in [3.8, 4) is 11.5 Å². The summed E-state index contributed by atoms with van der Waals surface area (Å²) in [5, 5.41) is 2.99. The summed E-state index contributed by atoms with van der Waals surface area (Å²) >= 11 is 0. The van der Waals surface area contributed by atoms with Crippen molar-refractivity contribution in [3.63, 3.8) is 0 Å². The van der Waals surface area contributed by atoms with Crippen molar-refractivity contribution in [1.82, 2.24) is 14.5 Å². The van der Waals surface area contributed by atoms with Gasteiger partial charge in [-0.1, -0.05) is 0 Å². The van der Waals surface area contributed by atoms with E-state index >= 15 is 0 Å². The molecule has 0 saturated carbocycles. The molecule has 1 atom stereocenters. The molecule has 1 saturated heterocycles. The largest absolute Gasteiger partial charge is 0.497 e. The molecular formula is C22H30N4O5. The summed E-state index contributed by atoms with van der Waals surface area (Å²) in [5.74, 6) is 1.62. The fourth-order valence-corrected chi connectivity index (χ4v) is 3.94. The molecule has 31 heavy (non-hydrogen) atoms. The van der Waals surface area contributed by atoms with Crippen LogP contribution in [0.2, 0.25) is 0 Å². The molecule has 1 aliphatic rings. The normalized spacial score (nSPS) is 16.1. The third-order valence-electron chi connectivity index (χ3n) is 5.76. The number of anilines is 1. The van der Waals surface area contributed by atoms with Crippen LogP contribution in [0.4, 0.5) is 5.82 Å². The van der Waals surface area contributed by atoms with Gasteiger partial charge in [-0.15, -0.1) is 0 Å². The van der Waals surface area contributed by atoms with Crippen LogP contribution in [0.15, 0.2) is 33.9 Å². The third kappa shape index (κ3) is 4.76. The summed E-state index contributed by atoms with van der Waals surface area (Å²) in [5.41, 5.74) is 0.168. The van der Waals surface area contributed by atoms with E-state index in [9.17, 15) is 14.4 Å². The SMILES string of the molecule is CCn1c(N2CCC[C@H](C(=O)NCc3ccc(OC)cc3OC)C2)cc(=O)n(C)c1=O. The molecule has 9 nitrogen and oxygen atoms in total. The molecule has 1 N–H and O–H groups in total. The van der Waals surface area contributed by atoms with Crippen molar-refractivity contribution in [3.05, 3.63) is 50.7 Å². The van der Waals surface area contributed by atoms with Gasteiger partial charge >= 0.3 is 5.69 Å². The second kappa shape index (κ2) is 9.72. The van der Waals surface area contributed by atoms with E-state index in [2.05, 4.69) is 5.32 Å².